The highest BCUT2D eigenvalue weighted by atomic mass is 32.2. The van der Waals surface area contributed by atoms with Crippen LogP contribution in [0.1, 0.15) is 25.0 Å². The molecule has 0 saturated carbocycles. The summed E-state index contributed by atoms with van der Waals surface area (Å²) in [5.74, 6) is 1.06. The first-order chi connectivity index (χ1) is 13.5. The van der Waals surface area contributed by atoms with Gasteiger partial charge in [-0.25, -0.2) is 0 Å². The lowest BCUT2D eigenvalue weighted by molar-refractivity contribution is -0.118. The molecule has 1 heterocycles. The number of amides is 1. The molecule has 0 bridgehead atoms. The van der Waals surface area contributed by atoms with Gasteiger partial charge in [0.2, 0.25) is 5.91 Å². The Hall–Kier alpha value is -2.80. The second-order valence-corrected chi connectivity index (χ2v) is 7.64. The molecule has 0 unspecified atom stereocenters. The van der Waals surface area contributed by atoms with Crippen LogP contribution in [0, 0.1) is 6.92 Å². The summed E-state index contributed by atoms with van der Waals surface area (Å²) in [6, 6.07) is 15.8. The number of ether oxygens (including phenoxy) is 1. The molecule has 3 rings (SSSR count). The molecule has 0 saturated heterocycles. The second-order valence-electron chi connectivity index (χ2n) is 6.70. The van der Waals surface area contributed by atoms with Crippen LogP contribution in [-0.4, -0.2) is 32.5 Å². The molecule has 2 aromatic carbocycles. The first kappa shape index (κ1) is 19.9. The number of hydrogen-bond acceptors (Lipinski definition) is 5. The van der Waals surface area contributed by atoms with Crippen molar-refractivity contribution in [3.63, 3.8) is 0 Å². The normalized spacial score (nSPS) is 10.9. The lowest BCUT2D eigenvalue weighted by atomic mass is 10.2. The smallest absolute Gasteiger partial charge is 0.230 e. The Morgan fingerprint density at radius 3 is 2.54 bits per heavy atom. The number of carbonyl (C=O) groups is 1. The molecule has 28 heavy (non-hydrogen) atoms. The van der Waals surface area contributed by atoms with E-state index in [0.717, 1.165) is 17.0 Å². The van der Waals surface area contributed by atoms with Gasteiger partial charge in [0.05, 0.1) is 11.9 Å². The molecule has 3 aromatic rings. The molecule has 0 fully saturated rings. The lowest BCUT2D eigenvalue weighted by Crippen LogP contribution is -2.24. The van der Waals surface area contributed by atoms with E-state index in [9.17, 15) is 4.79 Å². The van der Waals surface area contributed by atoms with Crippen LogP contribution in [0.25, 0.3) is 5.69 Å². The fraction of sp³-hybridized carbons (Fsp3) is 0.286. The highest BCUT2D eigenvalue weighted by Gasteiger charge is 2.10. The quantitative estimate of drug-likeness (QED) is 0.587. The summed E-state index contributed by atoms with van der Waals surface area (Å²) in [7, 11) is 0. The minimum absolute atomic E-state index is 0.0500. The molecule has 6 nitrogen and oxygen atoms in total. The van der Waals surface area contributed by atoms with E-state index in [2.05, 4.69) is 15.5 Å². The number of nitrogens with one attached hydrogen (secondary N) is 1. The predicted molar refractivity (Wildman–Crippen MR) is 111 cm³/mol. The van der Waals surface area contributed by atoms with Gasteiger partial charge in [-0.2, -0.15) is 0 Å². The summed E-state index contributed by atoms with van der Waals surface area (Å²) < 4.78 is 7.50. The Bertz CT molecular complexity index is 905. The minimum atomic E-state index is -0.0500. The monoisotopic (exact) mass is 396 g/mol. The maximum atomic E-state index is 12.2. The topological polar surface area (TPSA) is 69.0 Å². The maximum absolute atomic E-state index is 12.2. The predicted octanol–water partition coefficient (Wildman–Crippen LogP) is 3.77. The Kier molecular flexibility index (Phi) is 6.71. The molecule has 146 valence electrons. The van der Waals surface area contributed by atoms with E-state index in [4.69, 9.17) is 4.74 Å². The van der Waals surface area contributed by atoms with Gasteiger partial charge < -0.3 is 10.1 Å². The third-order valence-corrected chi connectivity index (χ3v) is 4.89. The highest BCUT2D eigenvalue weighted by Crippen LogP contribution is 2.19. The maximum Gasteiger partial charge on any atom is 0.230 e. The van der Waals surface area contributed by atoms with Gasteiger partial charge in [0, 0.05) is 12.2 Å². The lowest BCUT2D eigenvalue weighted by Gasteiger charge is -2.10. The van der Waals surface area contributed by atoms with Gasteiger partial charge in [-0.05, 0) is 50.6 Å². The number of aromatic nitrogens is 3. The SMILES string of the molecule is Cc1ccc(-n2cnnc2SCC(=O)NCc2ccc(OC(C)C)cc2)cc1. The number of carbonyl (C=O) groups excluding carboxylic acids is 1. The number of nitrogens with zero attached hydrogens (tertiary/aromatic N) is 3. The van der Waals surface area contributed by atoms with Crippen molar-refractivity contribution in [3.05, 3.63) is 66.0 Å². The van der Waals surface area contributed by atoms with Crippen molar-refractivity contribution in [3.8, 4) is 11.4 Å². The largest absolute Gasteiger partial charge is 0.491 e. The van der Waals surface area contributed by atoms with Crippen molar-refractivity contribution < 1.29 is 9.53 Å². The molecular formula is C21H24N4O2S. The van der Waals surface area contributed by atoms with Crippen molar-refractivity contribution in [2.24, 2.45) is 0 Å². The summed E-state index contributed by atoms with van der Waals surface area (Å²) in [4.78, 5) is 12.2. The minimum Gasteiger partial charge on any atom is -0.491 e. The van der Waals surface area contributed by atoms with Gasteiger partial charge in [-0.3, -0.25) is 9.36 Å². The zero-order chi connectivity index (χ0) is 19.9. The van der Waals surface area contributed by atoms with Crippen LogP contribution in [0.4, 0.5) is 0 Å². The van der Waals surface area contributed by atoms with Crippen molar-refractivity contribution >= 4 is 17.7 Å². The summed E-state index contributed by atoms with van der Waals surface area (Å²) in [5, 5.41) is 11.7. The molecule has 1 aromatic heterocycles. The van der Waals surface area contributed by atoms with Crippen LogP contribution >= 0.6 is 11.8 Å². The van der Waals surface area contributed by atoms with Gasteiger partial charge in [0.15, 0.2) is 5.16 Å². The summed E-state index contributed by atoms with van der Waals surface area (Å²) in [6.45, 7) is 6.50. The zero-order valence-corrected chi connectivity index (χ0v) is 17.1. The van der Waals surface area contributed by atoms with Crippen LogP contribution in [0.15, 0.2) is 60.0 Å². The van der Waals surface area contributed by atoms with Crippen molar-refractivity contribution in [1.82, 2.24) is 20.1 Å². The number of aryl methyl sites for hydroxylation is 1. The van der Waals surface area contributed by atoms with Gasteiger partial charge >= 0.3 is 0 Å². The van der Waals surface area contributed by atoms with Crippen LogP contribution in [-0.2, 0) is 11.3 Å². The second kappa shape index (κ2) is 9.41. The Balaban J connectivity index is 1.50. The summed E-state index contributed by atoms with van der Waals surface area (Å²) >= 11 is 1.36. The molecule has 1 N–H and O–H groups in total. The average molecular weight is 397 g/mol. The third kappa shape index (κ3) is 5.60. The molecule has 0 radical (unpaired) electrons. The van der Waals surface area contributed by atoms with Crippen LogP contribution in [0.5, 0.6) is 5.75 Å². The van der Waals surface area contributed by atoms with E-state index in [1.807, 2.05) is 73.9 Å². The Labute approximate surface area is 169 Å². The van der Waals surface area contributed by atoms with E-state index >= 15 is 0 Å². The Morgan fingerprint density at radius 2 is 1.86 bits per heavy atom. The third-order valence-electron chi connectivity index (χ3n) is 3.95. The van der Waals surface area contributed by atoms with Gasteiger partial charge in [-0.1, -0.05) is 41.6 Å². The van der Waals surface area contributed by atoms with Gasteiger partial charge in [0.25, 0.3) is 0 Å². The van der Waals surface area contributed by atoms with Crippen LogP contribution < -0.4 is 10.1 Å². The standard InChI is InChI=1S/C21H24N4O2S/c1-15(2)27-19-10-6-17(7-11-19)12-22-20(26)13-28-21-24-23-14-25(21)18-8-4-16(3)5-9-18/h4-11,14-15H,12-13H2,1-3H3,(H,22,26). The van der Waals surface area contributed by atoms with E-state index in [1.54, 1.807) is 6.33 Å². The Morgan fingerprint density at radius 1 is 1.14 bits per heavy atom. The zero-order valence-electron chi connectivity index (χ0n) is 16.3. The number of thioether (sulfide) groups is 1. The number of benzene rings is 2. The highest BCUT2D eigenvalue weighted by molar-refractivity contribution is 7.99. The molecule has 0 atom stereocenters. The molecule has 0 aliphatic heterocycles. The van der Waals surface area contributed by atoms with Crippen molar-refractivity contribution in [2.45, 2.75) is 38.6 Å². The first-order valence-corrected chi connectivity index (χ1v) is 10.1. The molecule has 0 aliphatic rings. The van der Waals surface area contributed by atoms with Crippen LogP contribution in [0.3, 0.4) is 0 Å². The van der Waals surface area contributed by atoms with E-state index in [0.29, 0.717) is 11.7 Å². The summed E-state index contributed by atoms with van der Waals surface area (Å²) in [6.07, 6.45) is 1.80. The van der Waals surface area contributed by atoms with E-state index in [-0.39, 0.29) is 17.8 Å². The molecule has 0 spiro atoms. The van der Waals surface area contributed by atoms with Crippen LogP contribution in [0.2, 0.25) is 0 Å². The summed E-state index contributed by atoms with van der Waals surface area (Å²) in [5.41, 5.74) is 3.19. The fourth-order valence-corrected chi connectivity index (χ4v) is 3.30. The molecule has 7 heteroatoms. The van der Waals surface area contributed by atoms with Crippen molar-refractivity contribution in [1.29, 1.82) is 0 Å². The average Bonchev–Trinajstić information content (AvgIpc) is 3.14. The first-order valence-electron chi connectivity index (χ1n) is 9.13. The van der Waals surface area contributed by atoms with Gasteiger partial charge in [-0.15, -0.1) is 10.2 Å². The molecule has 1 amide bonds. The van der Waals surface area contributed by atoms with Crippen molar-refractivity contribution in [2.75, 3.05) is 5.75 Å². The van der Waals surface area contributed by atoms with Gasteiger partial charge in [0.1, 0.15) is 12.1 Å². The van der Waals surface area contributed by atoms with E-state index < -0.39 is 0 Å². The fourth-order valence-electron chi connectivity index (χ4n) is 2.55. The number of rotatable bonds is 8. The molecular weight excluding hydrogens is 372 g/mol. The van der Waals surface area contributed by atoms with E-state index in [1.165, 1.54) is 17.3 Å². The number of hydrogen-bond donors (Lipinski definition) is 1. The molecule has 0 aliphatic carbocycles.